The number of fused-ring (bicyclic) bond motifs is 2. The lowest BCUT2D eigenvalue weighted by molar-refractivity contribution is -0.134. The normalized spacial score (nSPS) is 23.4. The zero-order chi connectivity index (χ0) is 25.1. The predicted octanol–water partition coefficient (Wildman–Crippen LogP) is 2.56. The van der Waals surface area contributed by atoms with Crippen molar-refractivity contribution in [1.29, 1.82) is 0 Å². The van der Waals surface area contributed by atoms with Crippen molar-refractivity contribution in [2.24, 2.45) is 5.92 Å². The Morgan fingerprint density at radius 3 is 2.69 bits per heavy atom. The Bertz CT molecular complexity index is 1120. The fourth-order valence-corrected chi connectivity index (χ4v) is 4.87. The number of ether oxygens (including phenoxy) is 2. The molecule has 1 saturated heterocycles. The van der Waals surface area contributed by atoms with E-state index in [1.807, 2.05) is 12.1 Å². The van der Waals surface area contributed by atoms with Crippen LogP contribution in [-0.4, -0.2) is 66.1 Å². The lowest BCUT2D eigenvalue weighted by Crippen LogP contribution is -2.54. The van der Waals surface area contributed by atoms with Crippen LogP contribution in [0.25, 0.3) is 0 Å². The first-order valence-electron chi connectivity index (χ1n) is 12.6. The summed E-state index contributed by atoms with van der Waals surface area (Å²) in [4.78, 5) is 43.7. The van der Waals surface area contributed by atoms with Crippen LogP contribution in [0.2, 0.25) is 0 Å². The third-order valence-corrected chi connectivity index (χ3v) is 7.13. The van der Waals surface area contributed by atoms with Gasteiger partial charge in [-0.15, -0.1) is 0 Å². The second kappa shape index (κ2) is 10.7. The number of carbonyl (C=O) groups excluding carboxylic acids is 3. The quantitative estimate of drug-likeness (QED) is 0.615. The Morgan fingerprint density at radius 2 is 1.92 bits per heavy atom. The number of nitrogens with one attached hydrogen (secondary N) is 2. The van der Waals surface area contributed by atoms with Crippen LogP contribution < -0.4 is 15.4 Å². The molecule has 3 atom stereocenters. The Balaban J connectivity index is 1.17. The molecule has 3 heterocycles. The topological polar surface area (TPSA) is 110 Å². The minimum Gasteiger partial charge on any atom is -0.490 e. The molecule has 2 aromatic rings. The number of benzene rings is 1. The van der Waals surface area contributed by atoms with Gasteiger partial charge < -0.3 is 25.0 Å². The van der Waals surface area contributed by atoms with Gasteiger partial charge >= 0.3 is 0 Å². The first-order chi connectivity index (χ1) is 17.5. The predicted molar refractivity (Wildman–Crippen MR) is 133 cm³/mol. The van der Waals surface area contributed by atoms with E-state index in [-0.39, 0.29) is 54.9 Å². The van der Waals surface area contributed by atoms with E-state index >= 15 is 0 Å². The van der Waals surface area contributed by atoms with E-state index in [4.69, 9.17) is 9.47 Å². The van der Waals surface area contributed by atoms with Crippen molar-refractivity contribution in [3.8, 4) is 5.75 Å². The fourth-order valence-electron chi connectivity index (χ4n) is 4.87. The van der Waals surface area contributed by atoms with Gasteiger partial charge in [-0.3, -0.25) is 19.4 Å². The van der Waals surface area contributed by atoms with Gasteiger partial charge in [-0.25, -0.2) is 0 Å². The summed E-state index contributed by atoms with van der Waals surface area (Å²) in [5, 5.41) is 5.86. The number of pyridine rings is 1. The summed E-state index contributed by atoms with van der Waals surface area (Å²) in [5.41, 5.74) is 2.15. The lowest BCUT2D eigenvalue weighted by atomic mass is 9.94. The molecule has 9 heteroatoms. The van der Waals surface area contributed by atoms with Crippen molar-refractivity contribution in [1.82, 2.24) is 15.2 Å². The Morgan fingerprint density at radius 1 is 1.11 bits per heavy atom. The molecular formula is C27H32N4O5. The fraction of sp³-hybridized carbons (Fsp3) is 0.481. The molecule has 1 saturated carbocycles. The smallest absolute Gasteiger partial charge is 0.257 e. The van der Waals surface area contributed by atoms with Crippen molar-refractivity contribution in [2.45, 2.75) is 56.8 Å². The molecule has 36 heavy (non-hydrogen) atoms. The highest BCUT2D eigenvalue weighted by atomic mass is 16.5. The largest absolute Gasteiger partial charge is 0.490 e. The number of amides is 3. The van der Waals surface area contributed by atoms with E-state index in [2.05, 4.69) is 15.6 Å². The van der Waals surface area contributed by atoms with E-state index in [1.54, 1.807) is 42.5 Å². The van der Waals surface area contributed by atoms with Crippen LogP contribution in [-0.2, 0) is 20.7 Å². The number of anilines is 1. The summed E-state index contributed by atoms with van der Waals surface area (Å²) >= 11 is 0. The van der Waals surface area contributed by atoms with Crippen LogP contribution >= 0.6 is 0 Å². The highest BCUT2D eigenvalue weighted by molar-refractivity contribution is 6.00. The van der Waals surface area contributed by atoms with Crippen LogP contribution in [0, 0.1) is 5.92 Å². The number of nitrogens with zero attached hydrogens (tertiary/aromatic N) is 2. The van der Waals surface area contributed by atoms with Crippen molar-refractivity contribution in [3.63, 3.8) is 0 Å². The first kappa shape index (κ1) is 24.2. The third-order valence-electron chi connectivity index (χ3n) is 7.13. The number of hydrogen-bond acceptors (Lipinski definition) is 6. The van der Waals surface area contributed by atoms with E-state index in [9.17, 15) is 14.4 Å². The summed E-state index contributed by atoms with van der Waals surface area (Å²) in [6, 6.07) is 8.89. The van der Waals surface area contributed by atoms with Crippen molar-refractivity contribution >= 4 is 23.4 Å². The second-order valence-electron chi connectivity index (χ2n) is 9.80. The average molecular weight is 493 g/mol. The Labute approximate surface area is 210 Å². The molecule has 2 fully saturated rings. The first-order valence-corrected chi connectivity index (χ1v) is 12.6. The number of likely N-dealkylation sites (N-methyl/N-ethyl adjacent to an activating group) is 1. The standard InChI is InChI=1S/C27H32N4O5/c1-31-22-6-5-20(15-25(32)29-13-10-17-8-11-28-12-9-17)36-24(22)16-35-23-7-4-19(14-21(23)27(31)34)30-26(33)18-2-3-18/h4,7-9,11-12,14,18,20,22,24H,2-3,5-6,10,13,15-16H2,1H3,(H,29,32)(H,30,33)/t20-,22-,24-/m1/s1. The minimum absolute atomic E-state index is 0.00398. The van der Waals surface area contributed by atoms with Crippen LogP contribution in [0.1, 0.15) is 48.0 Å². The van der Waals surface area contributed by atoms with Gasteiger partial charge in [0.05, 0.1) is 24.1 Å². The molecule has 190 valence electrons. The molecule has 5 rings (SSSR count). The number of rotatable bonds is 7. The molecule has 0 spiro atoms. The van der Waals surface area contributed by atoms with Gasteiger partial charge in [0, 0.05) is 37.6 Å². The molecule has 0 radical (unpaired) electrons. The monoisotopic (exact) mass is 492 g/mol. The second-order valence-corrected chi connectivity index (χ2v) is 9.80. The number of aromatic nitrogens is 1. The zero-order valence-electron chi connectivity index (χ0n) is 20.4. The molecule has 3 aliphatic rings. The van der Waals surface area contributed by atoms with Crippen LogP contribution in [0.3, 0.4) is 0 Å². The van der Waals surface area contributed by atoms with E-state index in [1.165, 1.54) is 0 Å². The molecule has 9 nitrogen and oxygen atoms in total. The number of hydrogen-bond donors (Lipinski definition) is 2. The van der Waals surface area contributed by atoms with Crippen LogP contribution in [0.15, 0.2) is 42.7 Å². The Kier molecular flexibility index (Phi) is 7.18. The van der Waals surface area contributed by atoms with Gasteiger partial charge in [-0.2, -0.15) is 0 Å². The molecule has 2 N–H and O–H groups in total. The van der Waals surface area contributed by atoms with Gasteiger partial charge in [-0.1, -0.05) is 0 Å². The van der Waals surface area contributed by atoms with Gasteiger partial charge in [0.25, 0.3) is 5.91 Å². The minimum atomic E-state index is -0.329. The highest BCUT2D eigenvalue weighted by Gasteiger charge is 2.39. The SMILES string of the molecule is CN1C(=O)c2cc(NC(=O)C3CC3)ccc2OC[C@H]2O[C@@H](CC(=O)NCCc3ccncc3)CC[C@H]21. The highest BCUT2D eigenvalue weighted by Crippen LogP contribution is 2.34. The molecule has 1 aliphatic carbocycles. The van der Waals surface area contributed by atoms with E-state index in [0.29, 0.717) is 30.0 Å². The van der Waals surface area contributed by atoms with E-state index < -0.39 is 0 Å². The molecule has 0 unspecified atom stereocenters. The molecule has 3 amide bonds. The maximum atomic E-state index is 13.3. The van der Waals surface area contributed by atoms with Crippen LogP contribution in [0.4, 0.5) is 5.69 Å². The van der Waals surface area contributed by atoms with Crippen molar-refractivity contribution < 1.29 is 23.9 Å². The van der Waals surface area contributed by atoms with Gasteiger partial charge in [0.1, 0.15) is 18.5 Å². The maximum absolute atomic E-state index is 13.3. The maximum Gasteiger partial charge on any atom is 0.257 e. The average Bonchev–Trinajstić information content (AvgIpc) is 3.73. The van der Waals surface area contributed by atoms with Crippen molar-refractivity contribution in [2.75, 3.05) is 25.5 Å². The van der Waals surface area contributed by atoms with Crippen molar-refractivity contribution in [3.05, 3.63) is 53.9 Å². The molecule has 1 aromatic heterocycles. The zero-order valence-corrected chi connectivity index (χ0v) is 20.4. The molecule has 2 aliphatic heterocycles. The molecular weight excluding hydrogens is 460 g/mol. The summed E-state index contributed by atoms with van der Waals surface area (Å²) in [6.07, 6.45) is 7.19. The van der Waals surface area contributed by atoms with Gasteiger partial charge in [-0.05, 0) is 68.0 Å². The van der Waals surface area contributed by atoms with Crippen LogP contribution in [0.5, 0.6) is 5.75 Å². The summed E-state index contributed by atoms with van der Waals surface area (Å²) in [7, 11) is 1.78. The molecule has 0 bridgehead atoms. The summed E-state index contributed by atoms with van der Waals surface area (Å²) in [6.45, 7) is 0.838. The Hall–Kier alpha value is -3.46. The summed E-state index contributed by atoms with van der Waals surface area (Å²) in [5.74, 6) is 0.330. The van der Waals surface area contributed by atoms with E-state index in [0.717, 1.165) is 31.2 Å². The lowest BCUT2D eigenvalue weighted by Gasteiger charge is -2.42. The summed E-state index contributed by atoms with van der Waals surface area (Å²) < 4.78 is 12.3. The molecule has 1 aromatic carbocycles. The van der Waals surface area contributed by atoms with Gasteiger partial charge in [0.15, 0.2) is 0 Å². The van der Waals surface area contributed by atoms with Gasteiger partial charge in [0.2, 0.25) is 11.8 Å². The third kappa shape index (κ3) is 5.67. The number of carbonyl (C=O) groups is 3.